The maximum atomic E-state index is 10.6. The molecule has 0 aromatic heterocycles. The van der Waals surface area contributed by atoms with Crippen molar-refractivity contribution in [2.45, 2.75) is 32.8 Å². The Bertz CT molecular complexity index is 230. The molecule has 7 heteroatoms. The largest absolute Gasteiger partial charge is 1.00 e. The third kappa shape index (κ3) is 8.75. The summed E-state index contributed by atoms with van der Waals surface area (Å²) in [6, 6.07) is 0. The Labute approximate surface area is 128 Å². The second-order valence-corrected chi connectivity index (χ2v) is 4.39. The van der Waals surface area contributed by atoms with Crippen LogP contribution in [0.3, 0.4) is 0 Å². The Morgan fingerprint density at radius 3 is 2.29 bits per heavy atom. The molecular weight excluding hydrogens is 233 g/mol. The van der Waals surface area contributed by atoms with Crippen LogP contribution in [0.1, 0.15) is 26.7 Å². The molecule has 5 nitrogen and oxygen atoms in total. The van der Waals surface area contributed by atoms with E-state index in [0.717, 1.165) is 10.7 Å². The zero-order valence-corrected chi connectivity index (χ0v) is 12.9. The van der Waals surface area contributed by atoms with Crippen molar-refractivity contribution in [3.05, 3.63) is 0 Å². The summed E-state index contributed by atoms with van der Waals surface area (Å²) in [5.74, 6) is 0. The Hall–Kier alpha value is 1.47. The van der Waals surface area contributed by atoms with Gasteiger partial charge >= 0.3 is 51.4 Å². The maximum absolute atomic E-state index is 10.6. The van der Waals surface area contributed by atoms with E-state index in [1.165, 1.54) is 6.92 Å². The van der Waals surface area contributed by atoms with Gasteiger partial charge in [-0.1, -0.05) is 13.3 Å². The van der Waals surface area contributed by atoms with Gasteiger partial charge < -0.3 is 9.66 Å². The van der Waals surface area contributed by atoms with Crippen molar-refractivity contribution in [2.75, 3.05) is 13.1 Å². The fraction of sp³-hybridized carbons (Fsp3) is 1.00. The Kier molecular flexibility index (Phi) is 11.0. The Balaban J connectivity index is 0. The standard InChI is InChI=1S/C7H17NO4S.K/c1-3-4-5-8(6-7(2)9)13(10,11)12;/h7,9H,3-6H2,1-2H3,(H,10,11,12);/q;+1/p-1. The molecule has 0 radical (unpaired) electrons. The summed E-state index contributed by atoms with van der Waals surface area (Å²) in [7, 11) is -4.41. The first-order chi connectivity index (χ1) is 5.88. The number of hydrogen-bond acceptors (Lipinski definition) is 4. The number of unbranched alkanes of at least 4 members (excludes halogenated alkanes) is 1. The van der Waals surface area contributed by atoms with Crippen LogP contribution >= 0.6 is 0 Å². The summed E-state index contributed by atoms with van der Waals surface area (Å²) in [5, 5.41) is 8.94. The minimum atomic E-state index is -4.41. The zero-order chi connectivity index (χ0) is 10.5. The molecule has 1 unspecified atom stereocenters. The van der Waals surface area contributed by atoms with Crippen LogP contribution in [0.25, 0.3) is 0 Å². The van der Waals surface area contributed by atoms with Crippen molar-refractivity contribution in [3.63, 3.8) is 0 Å². The molecular formula is C7H16KNO4S. The van der Waals surface area contributed by atoms with E-state index in [1.54, 1.807) is 0 Å². The van der Waals surface area contributed by atoms with Gasteiger partial charge in [-0.2, -0.15) is 0 Å². The van der Waals surface area contributed by atoms with E-state index in [4.69, 9.17) is 5.11 Å². The van der Waals surface area contributed by atoms with E-state index in [9.17, 15) is 13.0 Å². The summed E-state index contributed by atoms with van der Waals surface area (Å²) in [6.45, 7) is 3.42. The van der Waals surface area contributed by atoms with Gasteiger partial charge in [0.15, 0.2) is 10.3 Å². The maximum Gasteiger partial charge on any atom is 1.00 e. The van der Waals surface area contributed by atoms with E-state index in [-0.39, 0.29) is 64.5 Å². The second-order valence-electron chi connectivity index (χ2n) is 3.02. The van der Waals surface area contributed by atoms with Gasteiger partial charge in [0.05, 0.1) is 6.10 Å². The van der Waals surface area contributed by atoms with Crippen LogP contribution in [0.2, 0.25) is 0 Å². The summed E-state index contributed by atoms with van der Waals surface area (Å²) >= 11 is 0. The van der Waals surface area contributed by atoms with Crippen LogP contribution in [0.5, 0.6) is 0 Å². The van der Waals surface area contributed by atoms with Crippen LogP contribution in [0, 0.1) is 0 Å². The fourth-order valence-electron chi connectivity index (χ4n) is 0.924. The molecule has 0 aromatic rings. The van der Waals surface area contributed by atoms with Gasteiger partial charge in [-0.15, -0.1) is 0 Å². The van der Waals surface area contributed by atoms with E-state index in [0.29, 0.717) is 6.42 Å². The van der Waals surface area contributed by atoms with Crippen LogP contribution in [0.15, 0.2) is 0 Å². The first-order valence-electron chi connectivity index (χ1n) is 4.27. The van der Waals surface area contributed by atoms with E-state index < -0.39 is 16.4 Å². The van der Waals surface area contributed by atoms with Crippen LogP contribution in [0.4, 0.5) is 0 Å². The molecule has 0 fully saturated rings. The number of hydrogen-bond donors (Lipinski definition) is 1. The molecule has 1 atom stereocenters. The number of rotatable bonds is 6. The molecule has 0 aliphatic carbocycles. The fourth-order valence-corrected chi connectivity index (χ4v) is 1.67. The van der Waals surface area contributed by atoms with Gasteiger partial charge in [-0.3, -0.25) is 0 Å². The minimum absolute atomic E-state index is 0. The van der Waals surface area contributed by atoms with Crippen molar-refractivity contribution >= 4 is 10.3 Å². The Morgan fingerprint density at radius 1 is 1.50 bits per heavy atom. The smallest absolute Gasteiger partial charge is 0.735 e. The van der Waals surface area contributed by atoms with E-state index in [2.05, 4.69) is 0 Å². The number of aliphatic hydroxyl groups excluding tert-OH is 1. The van der Waals surface area contributed by atoms with Gasteiger partial charge in [0.1, 0.15) is 0 Å². The summed E-state index contributed by atoms with van der Waals surface area (Å²) in [6.07, 6.45) is 0.639. The third-order valence-electron chi connectivity index (χ3n) is 1.55. The molecule has 0 spiro atoms. The van der Waals surface area contributed by atoms with Crippen molar-refractivity contribution in [1.82, 2.24) is 4.31 Å². The van der Waals surface area contributed by atoms with E-state index >= 15 is 0 Å². The molecule has 0 saturated heterocycles. The molecule has 0 amide bonds. The van der Waals surface area contributed by atoms with Crippen LogP contribution < -0.4 is 51.4 Å². The second kappa shape index (κ2) is 8.60. The van der Waals surface area contributed by atoms with Gasteiger partial charge in [0.2, 0.25) is 0 Å². The molecule has 1 N–H and O–H groups in total. The van der Waals surface area contributed by atoms with Crippen LogP contribution in [-0.4, -0.2) is 41.6 Å². The predicted molar refractivity (Wildman–Crippen MR) is 47.9 cm³/mol. The van der Waals surface area contributed by atoms with Crippen molar-refractivity contribution in [2.24, 2.45) is 0 Å². The van der Waals surface area contributed by atoms with Gasteiger partial charge in [0.25, 0.3) is 0 Å². The van der Waals surface area contributed by atoms with Gasteiger partial charge in [0, 0.05) is 13.1 Å². The first-order valence-corrected chi connectivity index (χ1v) is 5.63. The number of nitrogens with zero attached hydrogens (tertiary/aromatic N) is 1. The molecule has 0 aromatic carbocycles. The topological polar surface area (TPSA) is 80.7 Å². The van der Waals surface area contributed by atoms with Gasteiger partial charge in [-0.25, -0.2) is 12.7 Å². The first kappa shape index (κ1) is 17.8. The third-order valence-corrected chi connectivity index (χ3v) is 2.51. The SMILES string of the molecule is CCCCN(CC(C)O)S(=O)(=O)[O-].[K+]. The molecule has 0 aliphatic heterocycles. The van der Waals surface area contributed by atoms with Crippen molar-refractivity contribution in [1.29, 1.82) is 0 Å². The molecule has 14 heavy (non-hydrogen) atoms. The molecule has 0 bridgehead atoms. The quantitative estimate of drug-likeness (QED) is 0.400. The minimum Gasteiger partial charge on any atom is -0.735 e. The van der Waals surface area contributed by atoms with Crippen LogP contribution in [-0.2, 0) is 10.3 Å². The summed E-state index contributed by atoms with van der Waals surface area (Å²) in [4.78, 5) is 0. The Morgan fingerprint density at radius 2 is 2.00 bits per heavy atom. The van der Waals surface area contributed by atoms with Crippen molar-refractivity contribution in [3.8, 4) is 0 Å². The molecule has 0 heterocycles. The van der Waals surface area contributed by atoms with Crippen molar-refractivity contribution < 1.29 is 69.5 Å². The average Bonchev–Trinajstić information content (AvgIpc) is 1.95. The van der Waals surface area contributed by atoms with E-state index in [1.807, 2.05) is 6.92 Å². The van der Waals surface area contributed by atoms with Gasteiger partial charge in [-0.05, 0) is 13.3 Å². The molecule has 0 rings (SSSR count). The molecule has 0 saturated carbocycles. The zero-order valence-electron chi connectivity index (χ0n) is 8.93. The normalized spacial score (nSPS) is 13.8. The number of aliphatic hydroxyl groups is 1. The average molecular weight is 249 g/mol. The molecule has 0 aliphatic rings. The predicted octanol–water partition coefficient (Wildman–Crippen LogP) is -3.07. The summed E-state index contributed by atoms with van der Waals surface area (Å²) < 4.78 is 32.7. The monoisotopic (exact) mass is 249 g/mol. The molecule has 80 valence electrons. The summed E-state index contributed by atoms with van der Waals surface area (Å²) in [5.41, 5.74) is 0.